The van der Waals surface area contributed by atoms with Crippen LogP contribution in [0, 0.1) is 22.7 Å². The van der Waals surface area contributed by atoms with Gasteiger partial charge in [-0.2, -0.15) is 14.8 Å². The summed E-state index contributed by atoms with van der Waals surface area (Å²) >= 11 is 0. The first kappa shape index (κ1) is 9.89. The maximum absolute atomic E-state index is 10.7. The summed E-state index contributed by atoms with van der Waals surface area (Å²) in [4.78, 5) is 0. The molecule has 5 nitrogen and oxygen atoms in total. The lowest BCUT2D eigenvalue weighted by Gasteiger charge is -2.10. The summed E-state index contributed by atoms with van der Waals surface area (Å²) in [5, 5.41) is 16.3. The summed E-state index contributed by atoms with van der Waals surface area (Å²) < 4.78 is 22.3. The zero-order valence-electron chi connectivity index (χ0n) is 5.98. The second-order valence-electron chi connectivity index (χ2n) is 1.85. The molecule has 11 heavy (non-hydrogen) atoms. The molecule has 0 aliphatic rings. The first-order valence-electron chi connectivity index (χ1n) is 2.71. The highest BCUT2D eigenvalue weighted by atomic mass is 32.2. The van der Waals surface area contributed by atoms with E-state index in [2.05, 4.69) is 0 Å². The molecule has 0 rings (SSSR count). The van der Waals surface area contributed by atoms with Gasteiger partial charge in [0.15, 0.2) is 0 Å². The molecular weight excluding hydrogens is 166 g/mol. The van der Waals surface area contributed by atoms with E-state index in [4.69, 9.17) is 10.5 Å². The van der Waals surface area contributed by atoms with Gasteiger partial charge in [-0.05, 0) is 0 Å². The summed E-state index contributed by atoms with van der Waals surface area (Å²) in [6.07, 6.45) is 0.960. The Hall–Kier alpha value is -1.11. The maximum atomic E-state index is 10.7. The van der Waals surface area contributed by atoms with Crippen molar-refractivity contribution in [3.05, 3.63) is 0 Å². The molecule has 0 amide bonds. The van der Waals surface area contributed by atoms with Gasteiger partial charge < -0.3 is 0 Å². The Labute approximate surface area is 65.5 Å². The van der Waals surface area contributed by atoms with E-state index >= 15 is 0 Å². The molecule has 0 aromatic heterocycles. The monoisotopic (exact) mass is 173 g/mol. The van der Waals surface area contributed by atoms with Crippen molar-refractivity contribution in [2.24, 2.45) is 0 Å². The average Bonchev–Trinajstić information content (AvgIpc) is 1.85. The normalized spacial score (nSPS) is 10.5. The van der Waals surface area contributed by atoms with E-state index in [-0.39, 0.29) is 13.1 Å². The van der Waals surface area contributed by atoms with Gasteiger partial charge >= 0.3 is 0 Å². The van der Waals surface area contributed by atoms with Crippen LogP contribution in [-0.2, 0) is 10.0 Å². The van der Waals surface area contributed by atoms with Crippen LogP contribution in [0.25, 0.3) is 0 Å². The fourth-order valence-electron chi connectivity index (χ4n) is 0.448. The molecule has 0 radical (unpaired) electrons. The summed E-state index contributed by atoms with van der Waals surface area (Å²) in [5.74, 6) is 0. The molecule has 0 aliphatic carbocycles. The smallest absolute Gasteiger partial charge is 0.212 e. The molecule has 0 atom stereocenters. The Morgan fingerprint density at radius 3 is 1.82 bits per heavy atom. The van der Waals surface area contributed by atoms with Gasteiger partial charge in [0.25, 0.3) is 0 Å². The highest BCUT2D eigenvalue weighted by molar-refractivity contribution is 7.88. The van der Waals surface area contributed by atoms with Crippen LogP contribution in [0.3, 0.4) is 0 Å². The lowest BCUT2D eigenvalue weighted by molar-refractivity contribution is 0.485. The largest absolute Gasteiger partial charge is 0.213 e. The summed E-state index contributed by atoms with van der Waals surface area (Å²) in [6, 6.07) is 3.31. The molecule has 0 bridgehead atoms. The van der Waals surface area contributed by atoms with Crippen LogP contribution in [0.5, 0.6) is 0 Å². The molecule has 0 N–H and O–H groups in total. The number of sulfonamides is 1. The minimum atomic E-state index is -3.40. The number of hydrogen-bond donors (Lipinski definition) is 0. The number of nitrogens with zero attached hydrogens (tertiary/aromatic N) is 3. The molecular formula is C5H7N3O2S. The molecule has 0 aliphatic heterocycles. The fraction of sp³-hybridized carbons (Fsp3) is 0.600. The van der Waals surface area contributed by atoms with Gasteiger partial charge in [-0.15, -0.1) is 0 Å². The van der Waals surface area contributed by atoms with Crippen molar-refractivity contribution in [2.75, 3.05) is 19.3 Å². The Bertz CT molecular complexity index is 279. The van der Waals surface area contributed by atoms with E-state index in [0.717, 1.165) is 10.6 Å². The van der Waals surface area contributed by atoms with Crippen molar-refractivity contribution in [1.82, 2.24) is 4.31 Å². The van der Waals surface area contributed by atoms with Crippen LogP contribution >= 0.6 is 0 Å². The first-order valence-corrected chi connectivity index (χ1v) is 4.56. The van der Waals surface area contributed by atoms with Gasteiger partial charge in [-0.3, -0.25) is 0 Å². The van der Waals surface area contributed by atoms with Crippen LogP contribution in [0.1, 0.15) is 0 Å². The van der Waals surface area contributed by atoms with E-state index in [1.165, 1.54) is 0 Å². The van der Waals surface area contributed by atoms with Gasteiger partial charge in [0.2, 0.25) is 10.0 Å². The van der Waals surface area contributed by atoms with E-state index in [1.54, 1.807) is 12.1 Å². The van der Waals surface area contributed by atoms with Gasteiger partial charge in [0, 0.05) is 0 Å². The van der Waals surface area contributed by atoms with Gasteiger partial charge in [0.1, 0.15) is 13.1 Å². The number of rotatable bonds is 3. The predicted molar refractivity (Wildman–Crippen MR) is 37.6 cm³/mol. The molecule has 6 heteroatoms. The molecule has 0 saturated carbocycles. The van der Waals surface area contributed by atoms with E-state index in [0.29, 0.717) is 0 Å². The summed E-state index contributed by atoms with van der Waals surface area (Å²) in [6.45, 7) is -0.543. The minimum Gasteiger partial charge on any atom is -0.212 e. The lowest BCUT2D eigenvalue weighted by atomic mass is 10.6. The van der Waals surface area contributed by atoms with Crippen LogP contribution in [0.4, 0.5) is 0 Å². The topological polar surface area (TPSA) is 85.0 Å². The standard InChI is InChI=1S/C5H7N3O2S/c1-11(9,10)8(4-2-6)5-3-7/h4-5H2,1H3. The van der Waals surface area contributed by atoms with Crippen LogP contribution in [0.15, 0.2) is 0 Å². The molecule has 0 spiro atoms. The van der Waals surface area contributed by atoms with E-state index in [9.17, 15) is 8.42 Å². The molecule has 60 valence electrons. The maximum Gasteiger partial charge on any atom is 0.213 e. The number of hydrogen-bond acceptors (Lipinski definition) is 4. The zero-order chi connectivity index (χ0) is 8.91. The molecule has 0 fully saturated rings. The van der Waals surface area contributed by atoms with Crippen molar-refractivity contribution < 1.29 is 8.42 Å². The Morgan fingerprint density at radius 2 is 1.64 bits per heavy atom. The van der Waals surface area contributed by atoms with Crippen molar-refractivity contribution >= 4 is 10.0 Å². The Balaban J connectivity index is 4.41. The van der Waals surface area contributed by atoms with Gasteiger partial charge in [0.05, 0.1) is 18.4 Å². The molecule has 0 unspecified atom stereocenters. The quantitative estimate of drug-likeness (QED) is 0.528. The van der Waals surface area contributed by atoms with Crippen molar-refractivity contribution in [1.29, 1.82) is 10.5 Å². The first-order chi connectivity index (χ1) is 5.02. The molecule has 0 heterocycles. The highest BCUT2D eigenvalue weighted by Gasteiger charge is 2.14. The highest BCUT2D eigenvalue weighted by Crippen LogP contribution is 1.94. The van der Waals surface area contributed by atoms with Crippen molar-refractivity contribution in [2.45, 2.75) is 0 Å². The lowest BCUT2D eigenvalue weighted by Crippen LogP contribution is -2.30. The SMILES string of the molecule is CS(=O)(=O)N(CC#N)CC#N. The second-order valence-corrected chi connectivity index (χ2v) is 3.83. The Morgan fingerprint density at radius 1 is 1.27 bits per heavy atom. The third-order valence-electron chi connectivity index (χ3n) is 0.963. The van der Waals surface area contributed by atoms with Gasteiger partial charge in [-0.25, -0.2) is 8.42 Å². The average molecular weight is 173 g/mol. The van der Waals surface area contributed by atoms with Crippen LogP contribution in [0.2, 0.25) is 0 Å². The molecule has 0 aromatic rings. The van der Waals surface area contributed by atoms with Crippen molar-refractivity contribution in [3.63, 3.8) is 0 Å². The summed E-state index contributed by atoms with van der Waals surface area (Å²) in [5.41, 5.74) is 0. The minimum absolute atomic E-state index is 0.271. The van der Waals surface area contributed by atoms with E-state index < -0.39 is 10.0 Å². The third-order valence-corrected chi connectivity index (χ3v) is 2.16. The van der Waals surface area contributed by atoms with Crippen LogP contribution in [-0.4, -0.2) is 32.1 Å². The van der Waals surface area contributed by atoms with Crippen LogP contribution < -0.4 is 0 Å². The molecule has 0 saturated heterocycles. The Kier molecular flexibility index (Phi) is 3.52. The van der Waals surface area contributed by atoms with E-state index in [1.807, 2.05) is 0 Å². The van der Waals surface area contributed by atoms with Gasteiger partial charge in [-0.1, -0.05) is 0 Å². The third kappa shape index (κ3) is 3.56. The number of nitriles is 2. The fourth-order valence-corrected chi connectivity index (χ4v) is 1.03. The summed E-state index contributed by atoms with van der Waals surface area (Å²) in [7, 11) is -3.40. The molecule has 0 aromatic carbocycles. The van der Waals surface area contributed by atoms with Crippen molar-refractivity contribution in [3.8, 4) is 12.1 Å². The second kappa shape index (κ2) is 3.91. The predicted octanol–water partition coefficient (Wildman–Crippen LogP) is -0.705. The zero-order valence-corrected chi connectivity index (χ0v) is 6.80.